The van der Waals surface area contributed by atoms with E-state index in [9.17, 15) is 0 Å². The lowest BCUT2D eigenvalue weighted by Gasteiger charge is -2.33. The second-order valence-electron chi connectivity index (χ2n) is 6.87. The fourth-order valence-electron chi connectivity index (χ4n) is 3.05. The molecule has 0 unspecified atom stereocenters. The Morgan fingerprint density at radius 3 is 2.40 bits per heavy atom. The van der Waals surface area contributed by atoms with Gasteiger partial charge in [0, 0.05) is 50.1 Å². The number of nitrogens with zero attached hydrogens (tertiary/aromatic N) is 6. The maximum atomic E-state index is 4.86. The van der Waals surface area contributed by atoms with Gasteiger partial charge in [0.1, 0.15) is 11.6 Å². The molecule has 1 N–H and O–H groups in total. The number of pyridine rings is 1. The van der Waals surface area contributed by atoms with E-state index in [1.54, 1.807) is 12.4 Å². The number of hydrogen-bond donors (Lipinski definition) is 1. The molecule has 0 aromatic carbocycles. The number of nitrogens with one attached hydrogen (secondary N) is 1. The monoisotopic (exact) mass is 337 g/mol. The summed E-state index contributed by atoms with van der Waals surface area (Å²) in [6, 6.07) is 3.90. The molecule has 3 aromatic rings. The Morgan fingerprint density at radius 2 is 1.72 bits per heavy atom. The van der Waals surface area contributed by atoms with Crippen molar-refractivity contribution in [1.82, 2.24) is 29.8 Å². The fraction of sp³-hybridized carbons (Fsp3) is 0.444. The molecule has 0 aliphatic carbocycles. The van der Waals surface area contributed by atoms with E-state index in [0.29, 0.717) is 0 Å². The molecule has 1 saturated heterocycles. The smallest absolute Gasteiger partial charge is 0.163 e. The van der Waals surface area contributed by atoms with Crippen molar-refractivity contribution in [2.24, 2.45) is 0 Å². The minimum absolute atomic E-state index is 0.267. The van der Waals surface area contributed by atoms with Crippen molar-refractivity contribution in [3.8, 4) is 11.4 Å². The lowest BCUT2D eigenvalue weighted by atomic mass is 10.2. The summed E-state index contributed by atoms with van der Waals surface area (Å²) >= 11 is 0. The van der Waals surface area contributed by atoms with Gasteiger partial charge in [0.2, 0.25) is 0 Å². The van der Waals surface area contributed by atoms with Crippen LogP contribution in [0.5, 0.6) is 0 Å². The molecule has 3 aromatic heterocycles. The van der Waals surface area contributed by atoms with Gasteiger partial charge in [-0.25, -0.2) is 15.0 Å². The van der Waals surface area contributed by atoms with Crippen LogP contribution in [0.2, 0.25) is 0 Å². The minimum atomic E-state index is 0.267. The number of hydrogen-bond acceptors (Lipinski definition) is 6. The van der Waals surface area contributed by atoms with E-state index in [0.717, 1.165) is 60.4 Å². The van der Waals surface area contributed by atoms with Crippen LogP contribution < -0.4 is 4.90 Å². The van der Waals surface area contributed by atoms with E-state index in [1.165, 1.54) is 0 Å². The predicted octanol–water partition coefficient (Wildman–Crippen LogP) is 2.29. The van der Waals surface area contributed by atoms with Gasteiger partial charge in [0.25, 0.3) is 0 Å². The van der Waals surface area contributed by atoms with Crippen molar-refractivity contribution in [3.05, 3.63) is 30.4 Å². The van der Waals surface area contributed by atoms with Gasteiger partial charge in [-0.2, -0.15) is 0 Å². The number of anilines is 1. The molecule has 0 atom stereocenters. The van der Waals surface area contributed by atoms with Crippen LogP contribution in [0.25, 0.3) is 22.6 Å². The zero-order chi connectivity index (χ0) is 17.4. The molecule has 0 radical (unpaired) electrons. The van der Waals surface area contributed by atoms with Crippen molar-refractivity contribution in [2.45, 2.75) is 19.8 Å². The van der Waals surface area contributed by atoms with Crippen molar-refractivity contribution >= 4 is 17.0 Å². The van der Waals surface area contributed by atoms with Crippen molar-refractivity contribution in [3.63, 3.8) is 0 Å². The van der Waals surface area contributed by atoms with E-state index < -0.39 is 0 Å². The zero-order valence-electron chi connectivity index (χ0n) is 14.9. The molecule has 7 heteroatoms. The molecule has 0 saturated carbocycles. The molecule has 1 fully saturated rings. The summed E-state index contributed by atoms with van der Waals surface area (Å²) in [5.74, 6) is 2.87. The lowest BCUT2D eigenvalue weighted by molar-refractivity contribution is 0.312. The van der Waals surface area contributed by atoms with Gasteiger partial charge in [-0.15, -0.1) is 0 Å². The first kappa shape index (κ1) is 16.0. The second-order valence-corrected chi connectivity index (χ2v) is 6.87. The van der Waals surface area contributed by atoms with Crippen LogP contribution >= 0.6 is 0 Å². The van der Waals surface area contributed by atoms with Gasteiger partial charge < -0.3 is 14.8 Å². The standard InChI is InChI=1S/C18H23N7/c1-12(2)15-21-17-14(18(23-15)25-10-8-24(3)9-11-25)20-16(22-17)13-4-6-19-7-5-13/h4-7,12H,8-11H2,1-3H3,(H,20,21,22,23). The summed E-state index contributed by atoms with van der Waals surface area (Å²) in [6.07, 6.45) is 3.55. The van der Waals surface area contributed by atoms with Crippen LogP contribution in [0.3, 0.4) is 0 Å². The van der Waals surface area contributed by atoms with Crippen LogP contribution in [-0.4, -0.2) is 63.0 Å². The molecule has 4 heterocycles. The minimum Gasteiger partial charge on any atom is -0.352 e. The summed E-state index contributed by atoms with van der Waals surface area (Å²) in [4.78, 5) is 26.5. The van der Waals surface area contributed by atoms with Gasteiger partial charge in [0.05, 0.1) is 0 Å². The third-order valence-electron chi connectivity index (χ3n) is 4.62. The Balaban J connectivity index is 1.83. The molecule has 4 rings (SSSR count). The van der Waals surface area contributed by atoms with Crippen LogP contribution in [0.15, 0.2) is 24.5 Å². The van der Waals surface area contributed by atoms with E-state index in [2.05, 4.69) is 40.7 Å². The molecule has 25 heavy (non-hydrogen) atoms. The van der Waals surface area contributed by atoms with Gasteiger partial charge >= 0.3 is 0 Å². The van der Waals surface area contributed by atoms with Crippen molar-refractivity contribution in [2.75, 3.05) is 38.1 Å². The summed E-state index contributed by atoms with van der Waals surface area (Å²) in [5.41, 5.74) is 2.66. The average molecular weight is 337 g/mol. The Morgan fingerprint density at radius 1 is 1.00 bits per heavy atom. The Kier molecular flexibility index (Phi) is 4.09. The number of aromatic amines is 1. The van der Waals surface area contributed by atoms with Crippen LogP contribution in [0.1, 0.15) is 25.6 Å². The molecular weight excluding hydrogens is 314 g/mol. The third-order valence-corrected chi connectivity index (χ3v) is 4.62. The number of aromatic nitrogens is 5. The number of piperazine rings is 1. The highest BCUT2D eigenvalue weighted by Gasteiger charge is 2.22. The average Bonchev–Trinajstić information content (AvgIpc) is 3.06. The fourth-order valence-corrected chi connectivity index (χ4v) is 3.05. The van der Waals surface area contributed by atoms with E-state index in [4.69, 9.17) is 15.0 Å². The first-order chi connectivity index (χ1) is 12.1. The molecule has 0 amide bonds. The van der Waals surface area contributed by atoms with Crippen LogP contribution in [-0.2, 0) is 0 Å². The molecular formula is C18H23N7. The number of fused-ring (bicyclic) bond motifs is 1. The number of rotatable bonds is 3. The molecule has 0 bridgehead atoms. The maximum absolute atomic E-state index is 4.86. The van der Waals surface area contributed by atoms with Crippen LogP contribution in [0.4, 0.5) is 5.82 Å². The third kappa shape index (κ3) is 3.07. The van der Waals surface area contributed by atoms with Gasteiger partial charge in [-0.1, -0.05) is 13.8 Å². The summed E-state index contributed by atoms with van der Waals surface area (Å²) in [5, 5.41) is 0. The second kappa shape index (κ2) is 6.40. The lowest BCUT2D eigenvalue weighted by Crippen LogP contribution is -2.45. The highest BCUT2D eigenvalue weighted by atomic mass is 15.3. The van der Waals surface area contributed by atoms with E-state index in [1.807, 2.05) is 12.1 Å². The number of likely N-dealkylation sites (N-methyl/N-ethyl adjacent to an activating group) is 1. The number of H-pyrrole nitrogens is 1. The van der Waals surface area contributed by atoms with Crippen molar-refractivity contribution < 1.29 is 0 Å². The first-order valence-corrected chi connectivity index (χ1v) is 8.73. The molecule has 1 aliphatic rings. The molecule has 0 spiro atoms. The topological polar surface area (TPSA) is 73.8 Å². The number of imidazole rings is 1. The highest BCUT2D eigenvalue weighted by Crippen LogP contribution is 2.28. The molecule has 130 valence electrons. The Bertz CT molecular complexity index is 864. The van der Waals surface area contributed by atoms with Gasteiger partial charge in [-0.05, 0) is 19.2 Å². The Labute approximate surface area is 147 Å². The van der Waals surface area contributed by atoms with E-state index in [-0.39, 0.29) is 5.92 Å². The normalized spacial score (nSPS) is 16.1. The summed E-state index contributed by atoms with van der Waals surface area (Å²) in [7, 11) is 2.16. The van der Waals surface area contributed by atoms with Gasteiger partial charge in [-0.3, -0.25) is 4.98 Å². The maximum Gasteiger partial charge on any atom is 0.163 e. The van der Waals surface area contributed by atoms with Crippen LogP contribution in [0, 0.1) is 0 Å². The molecule has 1 aliphatic heterocycles. The quantitative estimate of drug-likeness (QED) is 0.790. The Hall–Kier alpha value is -2.54. The summed E-state index contributed by atoms with van der Waals surface area (Å²) < 4.78 is 0. The van der Waals surface area contributed by atoms with Crippen molar-refractivity contribution in [1.29, 1.82) is 0 Å². The SMILES string of the molecule is CC(C)c1nc(N2CCN(C)CC2)c2nc(-c3ccncc3)[nH]c2n1. The highest BCUT2D eigenvalue weighted by molar-refractivity contribution is 5.86. The van der Waals surface area contributed by atoms with E-state index >= 15 is 0 Å². The summed E-state index contributed by atoms with van der Waals surface area (Å²) in [6.45, 7) is 8.22. The first-order valence-electron chi connectivity index (χ1n) is 8.73. The molecule has 7 nitrogen and oxygen atoms in total. The predicted molar refractivity (Wildman–Crippen MR) is 98.7 cm³/mol. The zero-order valence-corrected chi connectivity index (χ0v) is 14.9. The largest absolute Gasteiger partial charge is 0.352 e. The van der Waals surface area contributed by atoms with Gasteiger partial charge in [0.15, 0.2) is 17.0 Å².